The van der Waals surface area contributed by atoms with Crippen LogP contribution in [0.2, 0.25) is 0 Å². The summed E-state index contributed by atoms with van der Waals surface area (Å²) in [4.78, 5) is 15.8. The van der Waals surface area contributed by atoms with Crippen LogP contribution in [0.15, 0.2) is 57.3 Å². The van der Waals surface area contributed by atoms with E-state index < -0.39 is 0 Å². The Bertz CT molecular complexity index is 947. The first-order valence-electron chi connectivity index (χ1n) is 9.11. The lowest BCUT2D eigenvalue weighted by molar-refractivity contribution is -0.127. The lowest BCUT2D eigenvalue weighted by Crippen LogP contribution is -2.32. The third-order valence-corrected chi connectivity index (χ3v) is 6.33. The fourth-order valence-electron chi connectivity index (χ4n) is 3.13. The highest BCUT2D eigenvalue weighted by Gasteiger charge is 2.22. The van der Waals surface area contributed by atoms with Crippen molar-refractivity contribution in [1.82, 2.24) is 19.8 Å². The summed E-state index contributed by atoms with van der Waals surface area (Å²) in [5.74, 6) is 7.75. The monoisotopic (exact) mass is 415 g/mol. The highest BCUT2D eigenvalue weighted by molar-refractivity contribution is 7.99. The van der Waals surface area contributed by atoms with E-state index in [2.05, 4.69) is 16.3 Å². The molecule has 3 heterocycles. The van der Waals surface area contributed by atoms with Crippen molar-refractivity contribution < 1.29 is 9.21 Å². The summed E-state index contributed by atoms with van der Waals surface area (Å²) in [7, 11) is 0. The number of amides is 1. The van der Waals surface area contributed by atoms with Crippen molar-refractivity contribution in [3.8, 4) is 10.7 Å². The van der Waals surface area contributed by atoms with Gasteiger partial charge in [0.05, 0.1) is 23.4 Å². The molecule has 0 aliphatic heterocycles. The van der Waals surface area contributed by atoms with Crippen LogP contribution in [0.5, 0.6) is 0 Å². The lowest BCUT2D eigenvalue weighted by atomic mass is 10.0. The largest absolute Gasteiger partial charge is 0.467 e. The van der Waals surface area contributed by atoms with Gasteiger partial charge in [0.2, 0.25) is 11.1 Å². The normalized spacial score (nSPS) is 14.1. The number of thioether (sulfide) groups is 1. The molecule has 4 rings (SSSR count). The van der Waals surface area contributed by atoms with Crippen molar-refractivity contribution in [2.45, 2.75) is 37.4 Å². The second-order valence-electron chi connectivity index (χ2n) is 6.44. The molecule has 3 aromatic rings. The number of carbonyl (C=O) groups excluding carboxylic acids is 1. The van der Waals surface area contributed by atoms with Gasteiger partial charge in [0.15, 0.2) is 5.82 Å². The third-order valence-electron chi connectivity index (χ3n) is 4.54. The van der Waals surface area contributed by atoms with Crippen LogP contribution in [0.1, 0.15) is 31.4 Å². The average molecular weight is 416 g/mol. The Balaban J connectivity index is 1.46. The molecule has 0 saturated carbocycles. The van der Waals surface area contributed by atoms with Gasteiger partial charge in [0.1, 0.15) is 5.76 Å². The van der Waals surface area contributed by atoms with Crippen LogP contribution in [0.25, 0.3) is 10.7 Å². The van der Waals surface area contributed by atoms with Crippen molar-refractivity contribution in [3.05, 3.63) is 53.4 Å². The Morgan fingerprint density at radius 1 is 1.32 bits per heavy atom. The maximum Gasteiger partial charge on any atom is 0.237 e. The summed E-state index contributed by atoms with van der Waals surface area (Å²) >= 11 is 2.85. The molecular weight excluding hydrogens is 394 g/mol. The molecule has 0 radical (unpaired) electrons. The summed E-state index contributed by atoms with van der Waals surface area (Å²) < 4.78 is 6.90. The number of thiophene rings is 1. The number of carbonyl (C=O) groups is 1. The molecule has 0 bridgehead atoms. The second-order valence-corrected chi connectivity index (χ2v) is 8.33. The molecule has 0 saturated heterocycles. The molecule has 1 amide bonds. The van der Waals surface area contributed by atoms with Gasteiger partial charge in [-0.05, 0) is 49.3 Å². The topological polar surface area (TPSA) is 90.2 Å². The highest BCUT2D eigenvalue weighted by Crippen LogP contribution is 2.27. The standard InChI is InChI=1S/C19H21N5O2S2/c20-24-18(16-9-5-11-27-16)21-22-19(24)28-13-17(25)23(12-15-8-4-10-26-15)14-6-2-1-3-7-14/h4-6,8-11H,1-3,7,12-13,20H2. The molecule has 1 aliphatic rings. The zero-order valence-corrected chi connectivity index (χ0v) is 16.9. The second kappa shape index (κ2) is 8.66. The van der Waals surface area contributed by atoms with Gasteiger partial charge < -0.3 is 15.2 Å². The van der Waals surface area contributed by atoms with E-state index in [9.17, 15) is 4.79 Å². The zero-order valence-electron chi connectivity index (χ0n) is 15.3. The van der Waals surface area contributed by atoms with Gasteiger partial charge in [-0.25, -0.2) is 4.68 Å². The van der Waals surface area contributed by atoms with E-state index >= 15 is 0 Å². The van der Waals surface area contributed by atoms with Gasteiger partial charge in [-0.15, -0.1) is 21.5 Å². The van der Waals surface area contributed by atoms with Crippen molar-refractivity contribution >= 4 is 29.0 Å². The summed E-state index contributed by atoms with van der Waals surface area (Å²) in [6, 6.07) is 7.61. The summed E-state index contributed by atoms with van der Waals surface area (Å²) in [5.41, 5.74) is 1.07. The van der Waals surface area contributed by atoms with Crippen molar-refractivity contribution in [2.75, 3.05) is 11.6 Å². The Morgan fingerprint density at radius 3 is 2.96 bits per heavy atom. The number of furan rings is 1. The molecule has 7 nitrogen and oxygen atoms in total. The molecule has 3 aromatic heterocycles. The van der Waals surface area contributed by atoms with Crippen LogP contribution in [0.4, 0.5) is 0 Å². The van der Waals surface area contributed by atoms with E-state index in [0.29, 0.717) is 17.5 Å². The first-order chi connectivity index (χ1) is 13.7. The Morgan fingerprint density at radius 2 is 2.25 bits per heavy atom. The summed E-state index contributed by atoms with van der Waals surface area (Å²) in [6.07, 6.45) is 7.98. The van der Waals surface area contributed by atoms with E-state index in [1.807, 2.05) is 34.5 Å². The smallest absolute Gasteiger partial charge is 0.237 e. The van der Waals surface area contributed by atoms with Gasteiger partial charge >= 0.3 is 0 Å². The van der Waals surface area contributed by atoms with Crippen molar-refractivity contribution in [2.24, 2.45) is 0 Å². The number of nitrogen functional groups attached to an aromatic ring is 1. The SMILES string of the molecule is Nn1c(SCC(=O)N(Cc2ccco2)C2=CCCCC2)nnc1-c1cccs1. The van der Waals surface area contributed by atoms with E-state index in [1.165, 1.54) is 22.9 Å². The van der Waals surface area contributed by atoms with E-state index in [4.69, 9.17) is 10.3 Å². The molecule has 0 aromatic carbocycles. The number of rotatable bonds is 7. The van der Waals surface area contributed by atoms with E-state index in [-0.39, 0.29) is 11.7 Å². The molecule has 0 spiro atoms. The minimum Gasteiger partial charge on any atom is -0.467 e. The number of aromatic nitrogens is 3. The van der Waals surface area contributed by atoms with Crippen molar-refractivity contribution in [3.63, 3.8) is 0 Å². The predicted octanol–water partition coefficient (Wildman–Crippen LogP) is 3.89. The quantitative estimate of drug-likeness (QED) is 0.465. The van der Waals surface area contributed by atoms with E-state index in [1.54, 1.807) is 17.6 Å². The lowest BCUT2D eigenvalue weighted by Gasteiger charge is -2.27. The minimum atomic E-state index is 0.00947. The molecule has 146 valence electrons. The van der Waals surface area contributed by atoms with Gasteiger partial charge in [0, 0.05) is 5.70 Å². The van der Waals surface area contributed by atoms with Gasteiger partial charge in [-0.2, -0.15) is 0 Å². The average Bonchev–Trinajstić information content (AvgIpc) is 3.47. The number of nitrogens with zero attached hydrogens (tertiary/aromatic N) is 4. The fourth-order valence-corrected chi connectivity index (χ4v) is 4.57. The molecule has 0 unspecified atom stereocenters. The maximum absolute atomic E-state index is 13.0. The van der Waals surface area contributed by atoms with Crippen molar-refractivity contribution in [1.29, 1.82) is 0 Å². The van der Waals surface area contributed by atoms with E-state index in [0.717, 1.165) is 35.6 Å². The Kier molecular flexibility index (Phi) is 5.82. The molecular formula is C19H21N5O2S2. The minimum absolute atomic E-state index is 0.00947. The first-order valence-corrected chi connectivity index (χ1v) is 11.0. The first kappa shape index (κ1) is 18.8. The highest BCUT2D eigenvalue weighted by atomic mass is 32.2. The Labute approximate surface area is 171 Å². The molecule has 28 heavy (non-hydrogen) atoms. The summed E-state index contributed by atoms with van der Waals surface area (Å²) in [5, 5.41) is 10.8. The van der Waals surface area contributed by atoms with Gasteiger partial charge in [0.25, 0.3) is 0 Å². The van der Waals surface area contributed by atoms with Crippen LogP contribution in [0.3, 0.4) is 0 Å². The molecule has 9 heteroatoms. The molecule has 0 atom stereocenters. The maximum atomic E-state index is 13.0. The number of hydrogen-bond acceptors (Lipinski definition) is 7. The van der Waals surface area contributed by atoms with Gasteiger partial charge in [-0.1, -0.05) is 23.9 Å². The number of hydrogen-bond donors (Lipinski definition) is 1. The zero-order chi connectivity index (χ0) is 19.3. The molecule has 1 aliphatic carbocycles. The van der Waals surface area contributed by atoms with Crippen LogP contribution < -0.4 is 5.84 Å². The van der Waals surface area contributed by atoms with Gasteiger partial charge in [-0.3, -0.25) is 4.79 Å². The Hall–Kier alpha value is -2.52. The van der Waals surface area contributed by atoms with Crippen LogP contribution in [0, 0.1) is 0 Å². The molecule has 2 N–H and O–H groups in total. The van der Waals surface area contributed by atoms with Crippen LogP contribution in [-0.4, -0.2) is 31.4 Å². The third kappa shape index (κ3) is 4.15. The van der Waals surface area contributed by atoms with Crippen LogP contribution in [-0.2, 0) is 11.3 Å². The predicted molar refractivity (Wildman–Crippen MR) is 110 cm³/mol. The summed E-state index contributed by atoms with van der Waals surface area (Å²) in [6.45, 7) is 0.438. The fraction of sp³-hybridized carbons (Fsp3) is 0.316. The number of nitrogens with two attached hydrogens (primary N) is 1. The molecule has 0 fully saturated rings. The van der Waals surface area contributed by atoms with Crippen LogP contribution >= 0.6 is 23.1 Å². The number of allylic oxidation sites excluding steroid dienone is 2.